The lowest BCUT2D eigenvalue weighted by atomic mass is 10.1. The maximum Gasteiger partial charge on any atom is 0.262 e. The first-order valence-corrected chi connectivity index (χ1v) is 10.1. The summed E-state index contributed by atoms with van der Waals surface area (Å²) in [6.07, 6.45) is 4.30. The zero-order valence-electron chi connectivity index (χ0n) is 16.7. The molecule has 3 heterocycles. The van der Waals surface area contributed by atoms with Crippen LogP contribution in [0.1, 0.15) is 31.4 Å². The second-order valence-corrected chi connectivity index (χ2v) is 7.76. The highest BCUT2D eigenvalue weighted by Crippen LogP contribution is 2.27. The Labute approximate surface area is 164 Å². The molecule has 0 radical (unpaired) electrons. The Hall–Kier alpha value is -2.38. The first-order chi connectivity index (χ1) is 13.6. The molecule has 7 heteroatoms. The van der Waals surface area contributed by atoms with Crippen molar-refractivity contribution >= 4 is 21.8 Å². The minimum atomic E-state index is -0.0138. The van der Waals surface area contributed by atoms with Crippen molar-refractivity contribution in [2.45, 2.75) is 45.2 Å². The predicted molar refractivity (Wildman–Crippen MR) is 112 cm³/mol. The highest BCUT2D eigenvalue weighted by atomic mass is 16.5. The Morgan fingerprint density at radius 1 is 1.39 bits per heavy atom. The lowest BCUT2D eigenvalue weighted by Gasteiger charge is -2.19. The molecule has 1 atom stereocenters. The smallest absolute Gasteiger partial charge is 0.262 e. The number of pyridine rings is 1. The monoisotopic (exact) mass is 383 g/mol. The van der Waals surface area contributed by atoms with Crippen LogP contribution in [0.5, 0.6) is 5.75 Å². The molecule has 150 valence electrons. The van der Waals surface area contributed by atoms with Crippen LogP contribution in [0.4, 0.5) is 0 Å². The van der Waals surface area contributed by atoms with Crippen molar-refractivity contribution in [3.8, 4) is 5.75 Å². The Kier molecular flexibility index (Phi) is 5.37. The van der Waals surface area contributed by atoms with Gasteiger partial charge in [0, 0.05) is 23.7 Å². The number of fused-ring (bicyclic) bond motifs is 3. The fourth-order valence-electron chi connectivity index (χ4n) is 4.29. The van der Waals surface area contributed by atoms with Crippen LogP contribution < -0.4 is 16.0 Å². The number of H-pyrrole nitrogens is 1. The molecule has 28 heavy (non-hydrogen) atoms. The average Bonchev–Trinajstić information content (AvgIpc) is 3.28. The van der Waals surface area contributed by atoms with Crippen LogP contribution in [0.3, 0.4) is 0 Å². The van der Waals surface area contributed by atoms with Gasteiger partial charge in [0.1, 0.15) is 11.3 Å². The molecule has 3 aromatic rings. The molecular weight excluding hydrogens is 354 g/mol. The van der Waals surface area contributed by atoms with Gasteiger partial charge < -0.3 is 19.9 Å². The molecule has 2 aromatic heterocycles. The number of nitrogens with one attached hydrogen (secondary N) is 1. The van der Waals surface area contributed by atoms with E-state index < -0.39 is 0 Å². The molecule has 3 N–H and O–H groups in total. The third kappa shape index (κ3) is 3.40. The van der Waals surface area contributed by atoms with Gasteiger partial charge in [0.25, 0.3) is 5.56 Å². The maximum absolute atomic E-state index is 13.0. The third-order valence-electron chi connectivity index (χ3n) is 5.90. The van der Waals surface area contributed by atoms with Crippen LogP contribution in [-0.2, 0) is 6.54 Å². The van der Waals surface area contributed by atoms with E-state index in [1.165, 1.54) is 19.4 Å². The molecule has 1 aliphatic rings. The molecule has 0 saturated carbocycles. The molecule has 1 fully saturated rings. The fraction of sp³-hybridized carbons (Fsp3) is 0.524. The van der Waals surface area contributed by atoms with Crippen LogP contribution in [0, 0.1) is 6.92 Å². The van der Waals surface area contributed by atoms with Gasteiger partial charge in [-0.3, -0.25) is 9.89 Å². The highest BCUT2D eigenvalue weighted by molar-refractivity contribution is 6.04. The second kappa shape index (κ2) is 7.93. The van der Waals surface area contributed by atoms with E-state index in [4.69, 9.17) is 10.5 Å². The molecule has 7 nitrogen and oxygen atoms in total. The molecular formula is C21H29N5O2. The molecule has 0 amide bonds. The van der Waals surface area contributed by atoms with Crippen molar-refractivity contribution in [2.24, 2.45) is 5.73 Å². The summed E-state index contributed by atoms with van der Waals surface area (Å²) >= 11 is 0. The van der Waals surface area contributed by atoms with Crippen molar-refractivity contribution < 1.29 is 4.74 Å². The number of aromatic amines is 1. The third-order valence-corrected chi connectivity index (χ3v) is 5.90. The standard InChI is InChI=1S/C21H29N5O2/c1-14-19-20(24-23-14)17-13-16(28-12-8-15-5-3-10-25(15)2)6-7-18(17)26(21(19)27)11-4-9-22/h6-7,13,15H,3-5,8-12,22H2,1-2H3,(H,23,24). The molecule has 0 spiro atoms. The number of aromatic nitrogens is 3. The van der Waals surface area contributed by atoms with E-state index in [1.54, 1.807) is 0 Å². The molecule has 1 aromatic carbocycles. The van der Waals surface area contributed by atoms with Crippen molar-refractivity contribution in [3.05, 3.63) is 34.2 Å². The zero-order chi connectivity index (χ0) is 19.7. The van der Waals surface area contributed by atoms with Crippen molar-refractivity contribution in [2.75, 3.05) is 26.7 Å². The van der Waals surface area contributed by atoms with Gasteiger partial charge in [0.2, 0.25) is 0 Å². The molecule has 1 saturated heterocycles. The average molecular weight is 383 g/mol. The largest absolute Gasteiger partial charge is 0.494 e. The van der Waals surface area contributed by atoms with Crippen LogP contribution in [0.25, 0.3) is 21.8 Å². The van der Waals surface area contributed by atoms with Crippen molar-refractivity contribution in [1.82, 2.24) is 19.7 Å². The first kappa shape index (κ1) is 19.0. The summed E-state index contributed by atoms with van der Waals surface area (Å²) in [6.45, 7) is 4.90. The van der Waals surface area contributed by atoms with E-state index in [0.717, 1.165) is 35.2 Å². The summed E-state index contributed by atoms with van der Waals surface area (Å²) < 4.78 is 7.87. The molecule has 0 bridgehead atoms. The number of aryl methyl sites for hydroxylation is 2. The number of nitrogens with two attached hydrogens (primary N) is 1. The van der Waals surface area contributed by atoms with Gasteiger partial charge in [-0.1, -0.05) is 0 Å². The normalized spacial score (nSPS) is 17.8. The highest BCUT2D eigenvalue weighted by Gasteiger charge is 2.20. The Morgan fingerprint density at radius 3 is 3.00 bits per heavy atom. The van der Waals surface area contributed by atoms with Gasteiger partial charge in [-0.2, -0.15) is 5.10 Å². The van der Waals surface area contributed by atoms with Crippen LogP contribution in [-0.4, -0.2) is 52.5 Å². The molecule has 1 aliphatic heterocycles. The minimum absolute atomic E-state index is 0.0138. The number of nitrogens with zero attached hydrogens (tertiary/aromatic N) is 3. The van der Waals surface area contributed by atoms with Gasteiger partial charge in [0.05, 0.1) is 17.5 Å². The zero-order valence-corrected chi connectivity index (χ0v) is 16.7. The van der Waals surface area contributed by atoms with Gasteiger partial charge in [0.15, 0.2) is 0 Å². The maximum atomic E-state index is 13.0. The number of likely N-dealkylation sites (tertiary alicyclic amines) is 1. The predicted octanol–water partition coefficient (Wildman–Crippen LogP) is 2.40. The van der Waals surface area contributed by atoms with E-state index in [9.17, 15) is 4.79 Å². The fourth-order valence-corrected chi connectivity index (χ4v) is 4.29. The van der Waals surface area contributed by atoms with Gasteiger partial charge in [-0.15, -0.1) is 0 Å². The van der Waals surface area contributed by atoms with Crippen LogP contribution in [0.15, 0.2) is 23.0 Å². The quantitative estimate of drug-likeness (QED) is 0.654. The number of hydrogen-bond acceptors (Lipinski definition) is 5. The first-order valence-electron chi connectivity index (χ1n) is 10.1. The van der Waals surface area contributed by atoms with Crippen molar-refractivity contribution in [3.63, 3.8) is 0 Å². The van der Waals surface area contributed by atoms with Gasteiger partial charge in [-0.25, -0.2) is 0 Å². The lowest BCUT2D eigenvalue weighted by molar-refractivity contribution is 0.233. The Balaban J connectivity index is 1.67. The number of benzene rings is 1. The second-order valence-electron chi connectivity index (χ2n) is 7.76. The number of hydrogen-bond donors (Lipinski definition) is 2. The number of rotatable bonds is 7. The van der Waals surface area contributed by atoms with E-state index >= 15 is 0 Å². The Bertz CT molecular complexity index is 1040. The minimum Gasteiger partial charge on any atom is -0.494 e. The van der Waals surface area contributed by atoms with E-state index in [0.29, 0.717) is 36.6 Å². The Morgan fingerprint density at radius 2 is 2.25 bits per heavy atom. The van der Waals surface area contributed by atoms with Crippen LogP contribution >= 0.6 is 0 Å². The van der Waals surface area contributed by atoms with E-state index in [2.05, 4.69) is 22.1 Å². The topological polar surface area (TPSA) is 89.2 Å². The molecule has 1 unspecified atom stereocenters. The summed E-state index contributed by atoms with van der Waals surface area (Å²) in [5.41, 5.74) is 8.04. The lowest BCUT2D eigenvalue weighted by Crippen LogP contribution is -2.26. The van der Waals surface area contributed by atoms with E-state index in [-0.39, 0.29) is 5.56 Å². The van der Waals surface area contributed by atoms with Gasteiger partial charge in [-0.05, 0) is 70.9 Å². The molecule has 0 aliphatic carbocycles. The SMILES string of the molecule is Cc1[nH]nc2c1c(=O)n(CCCN)c1ccc(OCCC3CCCN3C)cc21. The number of ether oxygens (including phenoxy) is 1. The van der Waals surface area contributed by atoms with E-state index in [1.807, 2.05) is 29.7 Å². The summed E-state index contributed by atoms with van der Waals surface area (Å²) in [6, 6.07) is 6.54. The summed E-state index contributed by atoms with van der Waals surface area (Å²) in [4.78, 5) is 15.4. The summed E-state index contributed by atoms with van der Waals surface area (Å²) in [7, 11) is 2.19. The molecule has 4 rings (SSSR count). The van der Waals surface area contributed by atoms with Gasteiger partial charge >= 0.3 is 0 Å². The van der Waals surface area contributed by atoms with Crippen LogP contribution in [0.2, 0.25) is 0 Å². The summed E-state index contributed by atoms with van der Waals surface area (Å²) in [5, 5.41) is 8.94. The van der Waals surface area contributed by atoms with Crippen molar-refractivity contribution in [1.29, 1.82) is 0 Å². The summed E-state index contributed by atoms with van der Waals surface area (Å²) in [5.74, 6) is 0.819.